The second-order valence-electron chi connectivity index (χ2n) is 4.27. The molecule has 0 radical (unpaired) electrons. The molecular weight excluding hydrogens is 194 g/mol. The molecule has 1 N–H and O–H groups in total. The van der Waals surface area contributed by atoms with Crippen molar-refractivity contribution in [3.05, 3.63) is 0 Å². The number of hydrogen-bond acceptors (Lipinski definition) is 3. The highest BCUT2D eigenvalue weighted by molar-refractivity contribution is 5.73. The first kappa shape index (κ1) is 12.5. The summed E-state index contributed by atoms with van der Waals surface area (Å²) >= 11 is 0. The summed E-state index contributed by atoms with van der Waals surface area (Å²) in [6.07, 6.45) is 5.95. The van der Waals surface area contributed by atoms with Gasteiger partial charge in [-0.15, -0.1) is 0 Å². The Morgan fingerprint density at radius 2 is 2.07 bits per heavy atom. The van der Waals surface area contributed by atoms with E-state index in [-0.39, 0.29) is 6.61 Å². The van der Waals surface area contributed by atoms with Gasteiger partial charge >= 0.3 is 5.97 Å². The molecule has 1 rings (SSSR count). The zero-order valence-corrected chi connectivity index (χ0v) is 9.61. The van der Waals surface area contributed by atoms with Crippen molar-refractivity contribution in [3.63, 3.8) is 0 Å². The van der Waals surface area contributed by atoms with Crippen molar-refractivity contribution >= 4 is 5.97 Å². The minimum absolute atomic E-state index is 0.266. The van der Waals surface area contributed by atoms with E-state index in [0.29, 0.717) is 6.04 Å². The van der Waals surface area contributed by atoms with Crippen LogP contribution in [0.25, 0.3) is 0 Å². The maximum atomic E-state index is 11.1. The van der Waals surface area contributed by atoms with Gasteiger partial charge < -0.3 is 9.84 Å². The van der Waals surface area contributed by atoms with Crippen LogP contribution in [0.4, 0.5) is 0 Å². The smallest absolute Gasteiger partial charge is 0.323 e. The van der Waals surface area contributed by atoms with Gasteiger partial charge in [0.15, 0.2) is 0 Å². The van der Waals surface area contributed by atoms with Gasteiger partial charge in [-0.1, -0.05) is 19.3 Å². The molecule has 4 heteroatoms. The van der Waals surface area contributed by atoms with Crippen LogP contribution >= 0.6 is 0 Å². The number of carboxylic acids is 1. The summed E-state index contributed by atoms with van der Waals surface area (Å²) in [6.45, 7) is 0.266. The van der Waals surface area contributed by atoms with E-state index >= 15 is 0 Å². The van der Waals surface area contributed by atoms with Crippen molar-refractivity contribution < 1.29 is 14.6 Å². The monoisotopic (exact) mass is 215 g/mol. The fraction of sp³-hybridized carbons (Fsp3) is 0.909. The van der Waals surface area contributed by atoms with Crippen molar-refractivity contribution in [3.8, 4) is 0 Å². The third-order valence-electron chi connectivity index (χ3n) is 3.25. The Balaban J connectivity index is 2.53. The van der Waals surface area contributed by atoms with Crippen molar-refractivity contribution in [2.45, 2.75) is 44.2 Å². The predicted molar refractivity (Wildman–Crippen MR) is 57.9 cm³/mol. The Morgan fingerprint density at radius 3 is 2.53 bits per heavy atom. The molecule has 88 valence electrons. The molecule has 0 spiro atoms. The molecule has 15 heavy (non-hydrogen) atoms. The summed E-state index contributed by atoms with van der Waals surface area (Å²) in [4.78, 5) is 13.0. The summed E-state index contributed by atoms with van der Waals surface area (Å²) in [5, 5.41) is 9.08. The fourth-order valence-corrected chi connectivity index (χ4v) is 2.26. The second-order valence-corrected chi connectivity index (χ2v) is 4.27. The maximum absolute atomic E-state index is 11.1. The average molecular weight is 215 g/mol. The molecule has 0 aromatic rings. The van der Waals surface area contributed by atoms with E-state index in [9.17, 15) is 4.79 Å². The number of carbonyl (C=O) groups is 1. The Bertz CT molecular complexity index is 202. The van der Waals surface area contributed by atoms with E-state index in [2.05, 4.69) is 0 Å². The standard InChI is InChI=1S/C11H21NO3/c1-12(9-6-4-3-5-7-9)10(8-15-2)11(13)14/h9-10H,3-8H2,1-2H3,(H,13,14). The lowest BCUT2D eigenvalue weighted by molar-refractivity contribution is -0.146. The molecule has 1 atom stereocenters. The SMILES string of the molecule is COCC(C(=O)O)N(C)C1CCCCC1. The van der Waals surface area contributed by atoms with Crippen LogP contribution in [0, 0.1) is 0 Å². The lowest BCUT2D eigenvalue weighted by atomic mass is 9.93. The highest BCUT2D eigenvalue weighted by Crippen LogP contribution is 2.23. The summed E-state index contributed by atoms with van der Waals surface area (Å²) < 4.78 is 4.95. The molecule has 0 bridgehead atoms. The van der Waals surface area contributed by atoms with E-state index in [1.54, 1.807) is 7.11 Å². The quantitative estimate of drug-likeness (QED) is 0.752. The minimum Gasteiger partial charge on any atom is -0.480 e. The molecule has 0 amide bonds. The van der Waals surface area contributed by atoms with E-state index in [0.717, 1.165) is 12.8 Å². The maximum Gasteiger partial charge on any atom is 0.323 e. The summed E-state index contributed by atoms with van der Waals surface area (Å²) in [6, 6.07) is -0.0897. The Morgan fingerprint density at radius 1 is 1.47 bits per heavy atom. The Kier molecular flexibility index (Phi) is 5.05. The van der Waals surface area contributed by atoms with Crippen LogP contribution in [0.5, 0.6) is 0 Å². The number of nitrogens with zero attached hydrogens (tertiary/aromatic N) is 1. The number of carboxylic acid groups (broad SMARTS) is 1. The molecule has 0 aliphatic heterocycles. The van der Waals surface area contributed by atoms with E-state index in [1.807, 2.05) is 11.9 Å². The lowest BCUT2D eigenvalue weighted by Crippen LogP contribution is -2.47. The number of hydrogen-bond donors (Lipinski definition) is 1. The first-order valence-corrected chi connectivity index (χ1v) is 5.60. The van der Waals surface area contributed by atoms with Gasteiger partial charge in [-0.3, -0.25) is 9.69 Å². The van der Waals surface area contributed by atoms with E-state index in [4.69, 9.17) is 9.84 Å². The van der Waals surface area contributed by atoms with Crippen LogP contribution in [0.2, 0.25) is 0 Å². The molecular formula is C11H21NO3. The fourth-order valence-electron chi connectivity index (χ4n) is 2.26. The minimum atomic E-state index is -0.787. The van der Waals surface area contributed by atoms with Crippen LogP contribution < -0.4 is 0 Å². The van der Waals surface area contributed by atoms with Gasteiger partial charge in [0.1, 0.15) is 6.04 Å². The highest BCUT2D eigenvalue weighted by atomic mass is 16.5. The van der Waals surface area contributed by atoms with Gasteiger partial charge in [0.25, 0.3) is 0 Å². The molecule has 1 aliphatic carbocycles. The number of ether oxygens (including phenoxy) is 1. The lowest BCUT2D eigenvalue weighted by Gasteiger charge is -2.34. The summed E-state index contributed by atoms with van der Waals surface area (Å²) in [7, 11) is 3.44. The topological polar surface area (TPSA) is 49.8 Å². The van der Waals surface area contributed by atoms with Crippen LogP contribution in [0.3, 0.4) is 0 Å². The zero-order valence-electron chi connectivity index (χ0n) is 9.61. The van der Waals surface area contributed by atoms with Gasteiger partial charge in [0.2, 0.25) is 0 Å². The number of likely N-dealkylation sites (N-methyl/N-ethyl adjacent to an activating group) is 1. The molecule has 1 saturated carbocycles. The van der Waals surface area contributed by atoms with Crippen molar-refractivity contribution in [1.82, 2.24) is 4.90 Å². The van der Waals surface area contributed by atoms with Crippen molar-refractivity contribution in [2.24, 2.45) is 0 Å². The molecule has 0 aromatic heterocycles. The summed E-state index contributed by atoms with van der Waals surface area (Å²) in [5.74, 6) is -0.787. The molecule has 1 fully saturated rings. The van der Waals surface area contributed by atoms with Crippen LogP contribution in [-0.2, 0) is 9.53 Å². The van der Waals surface area contributed by atoms with Crippen LogP contribution in [0.1, 0.15) is 32.1 Å². The second kappa shape index (κ2) is 6.08. The predicted octanol–water partition coefficient (Wildman–Crippen LogP) is 1.35. The highest BCUT2D eigenvalue weighted by Gasteiger charge is 2.28. The number of aliphatic carboxylic acids is 1. The largest absolute Gasteiger partial charge is 0.480 e. The summed E-state index contributed by atoms with van der Waals surface area (Å²) in [5.41, 5.74) is 0. The van der Waals surface area contributed by atoms with Gasteiger partial charge in [0.05, 0.1) is 6.61 Å². The molecule has 0 heterocycles. The third kappa shape index (κ3) is 3.47. The van der Waals surface area contributed by atoms with Gasteiger partial charge in [-0.05, 0) is 19.9 Å². The van der Waals surface area contributed by atoms with Crippen LogP contribution in [0.15, 0.2) is 0 Å². The molecule has 4 nitrogen and oxygen atoms in total. The average Bonchev–Trinajstić information content (AvgIpc) is 2.26. The molecule has 1 aliphatic rings. The normalized spacial score (nSPS) is 20.5. The third-order valence-corrected chi connectivity index (χ3v) is 3.25. The number of rotatable bonds is 5. The van der Waals surface area contributed by atoms with Crippen molar-refractivity contribution in [1.29, 1.82) is 0 Å². The van der Waals surface area contributed by atoms with E-state index < -0.39 is 12.0 Å². The first-order chi connectivity index (χ1) is 7.16. The first-order valence-electron chi connectivity index (χ1n) is 5.60. The van der Waals surface area contributed by atoms with E-state index in [1.165, 1.54) is 19.3 Å². The molecule has 0 aromatic carbocycles. The number of methoxy groups -OCH3 is 1. The van der Waals surface area contributed by atoms with Gasteiger partial charge in [-0.25, -0.2) is 0 Å². The molecule has 1 unspecified atom stereocenters. The zero-order chi connectivity index (χ0) is 11.3. The van der Waals surface area contributed by atoms with Crippen molar-refractivity contribution in [2.75, 3.05) is 20.8 Å². The Labute approximate surface area is 91.2 Å². The van der Waals surface area contributed by atoms with Gasteiger partial charge in [0, 0.05) is 13.2 Å². The molecule has 0 saturated heterocycles. The Hall–Kier alpha value is -0.610. The van der Waals surface area contributed by atoms with Gasteiger partial charge in [-0.2, -0.15) is 0 Å². The van der Waals surface area contributed by atoms with Crippen LogP contribution in [-0.4, -0.2) is 48.8 Å².